The first-order valence-electron chi connectivity index (χ1n) is 6.05. The standard InChI is InChI=1S/C13H16ClN3O2/c1-4-9-11(14)10(16(3)15-9)7-17-6-5-8(2)12(17)13(18)19/h5-6H,4,7H2,1-3H3,(H,18,19). The van der Waals surface area contributed by atoms with Crippen molar-refractivity contribution in [3.05, 3.63) is 39.9 Å². The lowest BCUT2D eigenvalue weighted by atomic mass is 10.2. The van der Waals surface area contributed by atoms with Crippen LogP contribution in [-0.4, -0.2) is 25.4 Å². The molecule has 0 saturated carbocycles. The SMILES string of the molecule is CCc1nn(C)c(Cn2ccc(C)c2C(=O)O)c1Cl. The number of carbonyl (C=O) groups is 1. The Morgan fingerprint density at radius 3 is 2.74 bits per heavy atom. The van der Waals surface area contributed by atoms with Crippen LogP contribution in [0.2, 0.25) is 5.02 Å². The van der Waals surface area contributed by atoms with Crippen molar-refractivity contribution in [2.45, 2.75) is 26.8 Å². The molecule has 5 nitrogen and oxygen atoms in total. The highest BCUT2D eigenvalue weighted by Crippen LogP contribution is 2.23. The van der Waals surface area contributed by atoms with Gasteiger partial charge in [-0.05, 0) is 25.0 Å². The van der Waals surface area contributed by atoms with Crippen molar-refractivity contribution in [3.8, 4) is 0 Å². The van der Waals surface area contributed by atoms with Crippen molar-refractivity contribution < 1.29 is 9.90 Å². The van der Waals surface area contributed by atoms with Gasteiger partial charge >= 0.3 is 5.97 Å². The van der Waals surface area contributed by atoms with Gasteiger partial charge in [0, 0.05) is 13.2 Å². The van der Waals surface area contributed by atoms with Gasteiger partial charge in [-0.15, -0.1) is 0 Å². The van der Waals surface area contributed by atoms with Gasteiger partial charge < -0.3 is 9.67 Å². The van der Waals surface area contributed by atoms with E-state index < -0.39 is 5.97 Å². The summed E-state index contributed by atoms with van der Waals surface area (Å²) in [7, 11) is 1.82. The first-order valence-corrected chi connectivity index (χ1v) is 6.42. The fourth-order valence-electron chi connectivity index (χ4n) is 2.16. The molecule has 2 aromatic rings. The molecule has 0 aliphatic carbocycles. The molecule has 2 heterocycles. The number of hydrogen-bond donors (Lipinski definition) is 1. The van der Waals surface area contributed by atoms with Gasteiger partial charge in [-0.3, -0.25) is 4.68 Å². The highest BCUT2D eigenvalue weighted by atomic mass is 35.5. The number of aryl methyl sites for hydroxylation is 3. The third-order valence-corrected chi connectivity index (χ3v) is 3.63. The predicted octanol–water partition coefficient (Wildman–Crippen LogP) is 2.49. The van der Waals surface area contributed by atoms with E-state index in [-0.39, 0.29) is 5.69 Å². The van der Waals surface area contributed by atoms with Gasteiger partial charge in [0.25, 0.3) is 0 Å². The molecule has 0 spiro atoms. The van der Waals surface area contributed by atoms with E-state index in [0.717, 1.165) is 23.4 Å². The van der Waals surface area contributed by atoms with Crippen LogP contribution in [0.3, 0.4) is 0 Å². The van der Waals surface area contributed by atoms with Crippen molar-refractivity contribution >= 4 is 17.6 Å². The highest BCUT2D eigenvalue weighted by molar-refractivity contribution is 6.31. The normalized spacial score (nSPS) is 10.9. The molecule has 0 amide bonds. The number of halogens is 1. The van der Waals surface area contributed by atoms with Gasteiger partial charge in [0.1, 0.15) is 5.69 Å². The Hall–Kier alpha value is -1.75. The maximum atomic E-state index is 11.2. The van der Waals surface area contributed by atoms with Crippen molar-refractivity contribution in [2.75, 3.05) is 0 Å². The number of hydrogen-bond acceptors (Lipinski definition) is 2. The van der Waals surface area contributed by atoms with Crippen LogP contribution < -0.4 is 0 Å². The molecule has 2 aromatic heterocycles. The lowest BCUT2D eigenvalue weighted by Gasteiger charge is -2.08. The van der Waals surface area contributed by atoms with Crippen molar-refractivity contribution in [2.24, 2.45) is 7.05 Å². The van der Waals surface area contributed by atoms with Gasteiger partial charge in [0.15, 0.2) is 0 Å². The molecule has 0 bridgehead atoms. The summed E-state index contributed by atoms with van der Waals surface area (Å²) in [6, 6.07) is 1.79. The zero-order valence-corrected chi connectivity index (χ0v) is 11.9. The third kappa shape index (κ3) is 2.38. The fourth-order valence-corrected chi connectivity index (χ4v) is 2.51. The van der Waals surface area contributed by atoms with E-state index in [2.05, 4.69) is 5.10 Å². The topological polar surface area (TPSA) is 60.0 Å². The van der Waals surface area contributed by atoms with E-state index >= 15 is 0 Å². The van der Waals surface area contributed by atoms with Crippen LogP contribution in [0.4, 0.5) is 0 Å². The van der Waals surface area contributed by atoms with Crippen LogP contribution >= 0.6 is 11.6 Å². The van der Waals surface area contributed by atoms with Gasteiger partial charge in [0.2, 0.25) is 0 Å². The Labute approximate surface area is 116 Å². The molecule has 0 atom stereocenters. The van der Waals surface area contributed by atoms with E-state index in [1.165, 1.54) is 0 Å². The minimum atomic E-state index is -0.934. The van der Waals surface area contributed by atoms with Gasteiger partial charge in [-0.2, -0.15) is 5.10 Å². The summed E-state index contributed by atoms with van der Waals surface area (Å²) in [6.45, 7) is 4.17. The molecule has 0 aliphatic heterocycles. The second kappa shape index (κ2) is 5.09. The molecule has 6 heteroatoms. The van der Waals surface area contributed by atoms with E-state index in [9.17, 15) is 9.90 Å². The highest BCUT2D eigenvalue weighted by Gasteiger charge is 2.18. The molecular formula is C13H16ClN3O2. The van der Waals surface area contributed by atoms with Crippen LogP contribution in [0.25, 0.3) is 0 Å². The van der Waals surface area contributed by atoms with Crippen LogP contribution in [0.15, 0.2) is 12.3 Å². The molecule has 0 radical (unpaired) electrons. The average Bonchev–Trinajstić information content (AvgIpc) is 2.84. The first kappa shape index (κ1) is 13.7. The van der Waals surface area contributed by atoms with Crippen molar-refractivity contribution in [1.82, 2.24) is 14.3 Å². The van der Waals surface area contributed by atoms with Crippen molar-refractivity contribution in [1.29, 1.82) is 0 Å². The third-order valence-electron chi connectivity index (χ3n) is 3.19. The van der Waals surface area contributed by atoms with Crippen LogP contribution in [-0.2, 0) is 20.0 Å². The molecule has 0 unspecified atom stereocenters. The number of carboxylic acid groups (broad SMARTS) is 1. The van der Waals surface area contributed by atoms with Crippen LogP contribution in [0.5, 0.6) is 0 Å². The number of rotatable bonds is 4. The number of carboxylic acids is 1. The number of aromatic carboxylic acids is 1. The Bertz CT molecular complexity index is 628. The lowest BCUT2D eigenvalue weighted by Crippen LogP contribution is -2.12. The van der Waals surface area contributed by atoms with E-state index in [4.69, 9.17) is 11.6 Å². The molecule has 0 aliphatic rings. The minimum Gasteiger partial charge on any atom is -0.477 e. The largest absolute Gasteiger partial charge is 0.477 e. The second-order valence-corrected chi connectivity index (χ2v) is 4.84. The van der Waals surface area contributed by atoms with E-state index in [1.807, 2.05) is 14.0 Å². The number of aromatic nitrogens is 3. The summed E-state index contributed by atoms with van der Waals surface area (Å²) in [5.74, 6) is -0.934. The molecule has 0 aromatic carbocycles. The monoisotopic (exact) mass is 281 g/mol. The second-order valence-electron chi connectivity index (χ2n) is 4.46. The summed E-state index contributed by atoms with van der Waals surface area (Å²) in [4.78, 5) is 11.2. The molecule has 1 N–H and O–H groups in total. The van der Waals surface area contributed by atoms with Gasteiger partial charge in [-0.1, -0.05) is 18.5 Å². The molecule has 2 rings (SSSR count). The van der Waals surface area contributed by atoms with E-state index in [0.29, 0.717) is 11.6 Å². The fraction of sp³-hybridized carbons (Fsp3) is 0.385. The maximum absolute atomic E-state index is 11.2. The Balaban J connectivity index is 2.42. The maximum Gasteiger partial charge on any atom is 0.352 e. The van der Waals surface area contributed by atoms with E-state index in [1.54, 1.807) is 28.4 Å². The molecule has 0 saturated heterocycles. The van der Waals surface area contributed by atoms with Crippen molar-refractivity contribution in [3.63, 3.8) is 0 Å². The molecule has 0 fully saturated rings. The minimum absolute atomic E-state index is 0.287. The average molecular weight is 282 g/mol. The summed E-state index contributed by atoms with van der Waals surface area (Å²) in [5.41, 5.74) is 2.67. The summed E-state index contributed by atoms with van der Waals surface area (Å²) < 4.78 is 3.39. The quantitative estimate of drug-likeness (QED) is 0.937. The molecule has 102 valence electrons. The summed E-state index contributed by atoms with van der Waals surface area (Å²) >= 11 is 6.27. The summed E-state index contributed by atoms with van der Waals surface area (Å²) in [6.07, 6.45) is 2.51. The Kier molecular flexibility index (Phi) is 3.66. The van der Waals surface area contributed by atoms with Gasteiger partial charge in [0.05, 0.1) is 23.0 Å². The summed E-state index contributed by atoms with van der Waals surface area (Å²) in [5, 5.41) is 14.2. The van der Waals surface area contributed by atoms with Crippen LogP contribution in [0, 0.1) is 6.92 Å². The zero-order valence-electron chi connectivity index (χ0n) is 11.1. The first-order chi connectivity index (χ1) is 8.95. The zero-order chi connectivity index (χ0) is 14.2. The molecular weight excluding hydrogens is 266 g/mol. The molecule has 19 heavy (non-hydrogen) atoms. The Morgan fingerprint density at radius 2 is 2.21 bits per heavy atom. The van der Waals surface area contributed by atoms with Crippen LogP contribution in [0.1, 0.15) is 34.4 Å². The lowest BCUT2D eigenvalue weighted by molar-refractivity contribution is 0.0685. The number of nitrogens with zero attached hydrogens (tertiary/aromatic N) is 3. The smallest absolute Gasteiger partial charge is 0.352 e. The van der Waals surface area contributed by atoms with Gasteiger partial charge in [-0.25, -0.2) is 4.79 Å². The Morgan fingerprint density at radius 1 is 1.53 bits per heavy atom. The predicted molar refractivity (Wildman–Crippen MR) is 72.8 cm³/mol.